The molecule has 9 heteroatoms. The highest BCUT2D eigenvalue weighted by molar-refractivity contribution is 7.92. The van der Waals surface area contributed by atoms with Gasteiger partial charge in [0.2, 0.25) is 21.8 Å². The molecule has 1 N–H and O–H groups in total. The molecule has 1 unspecified atom stereocenters. The number of sulfonamides is 1. The molecule has 2 aromatic carbocycles. The number of nitrogens with one attached hydrogen (secondary N) is 1. The van der Waals surface area contributed by atoms with Gasteiger partial charge in [-0.2, -0.15) is 0 Å². The Morgan fingerprint density at radius 3 is 2.11 bits per heavy atom. The van der Waals surface area contributed by atoms with Gasteiger partial charge in [-0.3, -0.25) is 13.9 Å². The first kappa shape index (κ1) is 29.3. The Balaban J connectivity index is 2.39. The van der Waals surface area contributed by atoms with Gasteiger partial charge in [0.25, 0.3) is 0 Å². The van der Waals surface area contributed by atoms with Crippen LogP contribution in [0.2, 0.25) is 0 Å². The van der Waals surface area contributed by atoms with E-state index in [1.165, 1.54) is 17.0 Å². The molecule has 0 aromatic heterocycles. The van der Waals surface area contributed by atoms with E-state index in [-0.39, 0.29) is 18.4 Å². The summed E-state index contributed by atoms with van der Waals surface area (Å²) in [6, 6.07) is 11.9. The van der Waals surface area contributed by atoms with Gasteiger partial charge in [0.15, 0.2) is 0 Å². The van der Waals surface area contributed by atoms with Gasteiger partial charge >= 0.3 is 0 Å². The second-order valence-corrected chi connectivity index (χ2v) is 11.1. The number of hydrogen-bond acceptors (Lipinski definition) is 4. The van der Waals surface area contributed by atoms with Gasteiger partial charge in [-0.25, -0.2) is 12.8 Å². The number of carbonyl (C=O) groups excluding carboxylic acids is 2. The van der Waals surface area contributed by atoms with Crippen molar-refractivity contribution in [1.29, 1.82) is 0 Å². The zero-order chi connectivity index (χ0) is 26.9. The number of unbranched alkanes of at least 4 members (excludes halogenated alkanes) is 1. The monoisotopic (exact) mass is 519 g/mol. The molecule has 198 valence electrons. The Hall–Kier alpha value is -2.94. The van der Waals surface area contributed by atoms with E-state index in [1.54, 1.807) is 31.2 Å². The minimum atomic E-state index is -3.79. The number of benzene rings is 2. The van der Waals surface area contributed by atoms with Crippen LogP contribution in [0.15, 0.2) is 48.5 Å². The predicted octanol–water partition coefficient (Wildman–Crippen LogP) is 4.44. The molecule has 2 rings (SSSR count). The first-order valence-corrected chi connectivity index (χ1v) is 14.2. The fourth-order valence-corrected chi connectivity index (χ4v) is 4.70. The molecule has 1 atom stereocenters. The van der Waals surface area contributed by atoms with Crippen molar-refractivity contribution in [2.24, 2.45) is 0 Å². The molecule has 0 aliphatic heterocycles. The number of nitrogens with zero attached hydrogens (tertiary/aromatic N) is 2. The Bertz CT molecular complexity index is 1100. The number of carbonyl (C=O) groups is 2. The summed E-state index contributed by atoms with van der Waals surface area (Å²) in [5.41, 5.74) is 2.06. The van der Waals surface area contributed by atoms with E-state index in [1.807, 2.05) is 32.9 Å². The molecule has 0 fully saturated rings. The maximum atomic E-state index is 13.6. The zero-order valence-electron chi connectivity index (χ0n) is 21.8. The summed E-state index contributed by atoms with van der Waals surface area (Å²) in [6.07, 6.45) is 3.11. The molecule has 7 nitrogen and oxygen atoms in total. The number of anilines is 1. The summed E-state index contributed by atoms with van der Waals surface area (Å²) in [5, 5.41) is 2.87. The van der Waals surface area contributed by atoms with E-state index in [0.29, 0.717) is 24.2 Å². The van der Waals surface area contributed by atoms with Gasteiger partial charge in [0, 0.05) is 13.1 Å². The van der Waals surface area contributed by atoms with Crippen molar-refractivity contribution in [3.05, 3.63) is 65.5 Å². The summed E-state index contributed by atoms with van der Waals surface area (Å²) in [5.74, 6) is -0.951. The minimum absolute atomic E-state index is 0.0444. The van der Waals surface area contributed by atoms with Crippen LogP contribution in [-0.2, 0) is 26.2 Å². The lowest BCUT2D eigenvalue weighted by atomic mass is 10.0. The average molecular weight is 520 g/mol. The van der Waals surface area contributed by atoms with Gasteiger partial charge in [0.05, 0.1) is 11.9 Å². The van der Waals surface area contributed by atoms with Crippen molar-refractivity contribution in [3.63, 3.8) is 0 Å². The fraction of sp³-hybridized carbons (Fsp3) is 0.481. The topological polar surface area (TPSA) is 86.8 Å². The first-order chi connectivity index (χ1) is 17.0. The standard InChI is InChI=1S/C27H38FN3O4S/c1-6-8-17-29-27(33)25(7-2)30(18-21-9-13-23(28)14-10-21)26(32)19-31(36(5,34)35)24-15-11-22(12-16-24)20(3)4/h9-16,20,25H,6-8,17-19H2,1-5H3,(H,29,33). The Labute approximate surface area is 214 Å². The number of hydrogen-bond donors (Lipinski definition) is 1. The van der Waals surface area contributed by atoms with E-state index >= 15 is 0 Å². The van der Waals surface area contributed by atoms with Crippen molar-refractivity contribution in [1.82, 2.24) is 10.2 Å². The van der Waals surface area contributed by atoms with Crippen LogP contribution in [0.25, 0.3) is 0 Å². The molecule has 0 bridgehead atoms. The second kappa shape index (κ2) is 13.4. The lowest BCUT2D eigenvalue weighted by Gasteiger charge is -2.33. The van der Waals surface area contributed by atoms with Crippen molar-refractivity contribution in [2.75, 3.05) is 23.7 Å². The molecule has 0 radical (unpaired) electrons. The van der Waals surface area contributed by atoms with Gasteiger partial charge in [-0.1, -0.05) is 58.4 Å². The highest BCUT2D eigenvalue weighted by atomic mass is 32.2. The van der Waals surface area contributed by atoms with Crippen molar-refractivity contribution < 1.29 is 22.4 Å². The molecular weight excluding hydrogens is 481 g/mol. The van der Waals surface area contributed by atoms with Crippen molar-refractivity contribution in [3.8, 4) is 0 Å². The molecule has 0 spiro atoms. The second-order valence-electron chi connectivity index (χ2n) is 9.23. The highest BCUT2D eigenvalue weighted by Crippen LogP contribution is 2.23. The molecule has 36 heavy (non-hydrogen) atoms. The predicted molar refractivity (Wildman–Crippen MR) is 142 cm³/mol. The zero-order valence-corrected chi connectivity index (χ0v) is 22.6. The summed E-state index contributed by atoms with van der Waals surface area (Å²) in [6.45, 7) is 7.97. The third kappa shape index (κ3) is 8.33. The van der Waals surface area contributed by atoms with E-state index in [9.17, 15) is 22.4 Å². The average Bonchev–Trinajstić information content (AvgIpc) is 2.83. The quantitative estimate of drug-likeness (QED) is 0.397. The smallest absolute Gasteiger partial charge is 0.244 e. The first-order valence-electron chi connectivity index (χ1n) is 12.4. The van der Waals surface area contributed by atoms with Gasteiger partial charge in [0.1, 0.15) is 18.4 Å². The SMILES string of the molecule is CCCCNC(=O)C(CC)N(Cc1ccc(F)cc1)C(=O)CN(c1ccc(C(C)C)cc1)S(C)(=O)=O. The van der Waals surface area contributed by atoms with Crippen molar-refractivity contribution in [2.45, 2.75) is 65.5 Å². The van der Waals surface area contributed by atoms with Crippen LogP contribution in [0.3, 0.4) is 0 Å². The van der Waals surface area contributed by atoms with Crippen LogP contribution in [0, 0.1) is 5.82 Å². The Morgan fingerprint density at radius 1 is 1.00 bits per heavy atom. The van der Waals surface area contributed by atoms with Crippen LogP contribution >= 0.6 is 0 Å². The normalized spacial score (nSPS) is 12.3. The van der Waals surface area contributed by atoms with Gasteiger partial charge in [-0.05, 0) is 54.2 Å². The van der Waals surface area contributed by atoms with Crippen LogP contribution in [-0.4, -0.2) is 50.5 Å². The number of amides is 2. The van der Waals surface area contributed by atoms with Crippen LogP contribution in [0.1, 0.15) is 64.0 Å². The van der Waals surface area contributed by atoms with Crippen LogP contribution in [0.4, 0.5) is 10.1 Å². The molecule has 2 amide bonds. The minimum Gasteiger partial charge on any atom is -0.354 e. The third-order valence-electron chi connectivity index (χ3n) is 6.01. The summed E-state index contributed by atoms with van der Waals surface area (Å²) in [4.78, 5) is 28.0. The van der Waals surface area contributed by atoms with E-state index < -0.39 is 34.3 Å². The Morgan fingerprint density at radius 2 is 1.61 bits per heavy atom. The van der Waals surface area contributed by atoms with E-state index in [0.717, 1.165) is 29.0 Å². The lowest BCUT2D eigenvalue weighted by Crippen LogP contribution is -2.52. The van der Waals surface area contributed by atoms with Gasteiger partial charge in [-0.15, -0.1) is 0 Å². The van der Waals surface area contributed by atoms with E-state index in [2.05, 4.69) is 5.32 Å². The largest absolute Gasteiger partial charge is 0.354 e. The highest BCUT2D eigenvalue weighted by Gasteiger charge is 2.31. The van der Waals surface area contributed by atoms with Gasteiger partial charge < -0.3 is 10.2 Å². The van der Waals surface area contributed by atoms with Crippen LogP contribution < -0.4 is 9.62 Å². The number of rotatable bonds is 13. The summed E-state index contributed by atoms with van der Waals surface area (Å²) in [7, 11) is -3.79. The van der Waals surface area contributed by atoms with E-state index in [4.69, 9.17) is 0 Å². The summed E-state index contributed by atoms with van der Waals surface area (Å²) >= 11 is 0. The molecule has 0 aliphatic carbocycles. The molecule has 0 saturated heterocycles. The van der Waals surface area contributed by atoms with Crippen LogP contribution in [0.5, 0.6) is 0 Å². The summed E-state index contributed by atoms with van der Waals surface area (Å²) < 4.78 is 39.9. The molecule has 2 aromatic rings. The lowest BCUT2D eigenvalue weighted by molar-refractivity contribution is -0.140. The Kier molecular flexibility index (Phi) is 10.9. The molecule has 0 aliphatic rings. The number of halogens is 1. The fourth-order valence-electron chi connectivity index (χ4n) is 3.85. The molecule has 0 heterocycles. The van der Waals surface area contributed by atoms with Crippen molar-refractivity contribution >= 4 is 27.5 Å². The third-order valence-corrected chi connectivity index (χ3v) is 7.15. The maximum absolute atomic E-state index is 13.6. The molecular formula is C27H38FN3O4S. The molecule has 0 saturated carbocycles. The maximum Gasteiger partial charge on any atom is 0.244 e.